The smallest absolute Gasteiger partial charge is 0.265 e. The van der Waals surface area contributed by atoms with Crippen molar-refractivity contribution in [2.24, 2.45) is 0 Å². The molecular formula is C9H10BrF2NO. The number of alkyl halides is 3. The molecule has 1 aromatic rings. The summed E-state index contributed by atoms with van der Waals surface area (Å²) in [4.78, 5) is 3.90. The van der Waals surface area contributed by atoms with Gasteiger partial charge in [0, 0.05) is 17.0 Å². The molecule has 0 bridgehead atoms. The lowest BCUT2D eigenvalue weighted by Crippen LogP contribution is -2.01. The molecule has 0 aromatic carbocycles. The number of hydrogen-bond donors (Lipinski definition) is 0. The minimum Gasteiger partial charge on any atom is -0.481 e. The lowest BCUT2D eigenvalue weighted by Gasteiger charge is -2.11. The molecule has 2 nitrogen and oxygen atoms in total. The molecule has 0 N–H and O–H groups in total. The third-order valence-corrected chi connectivity index (χ3v) is 2.49. The van der Waals surface area contributed by atoms with E-state index in [2.05, 4.69) is 20.9 Å². The Bertz CT molecular complexity index is 331. The molecule has 14 heavy (non-hydrogen) atoms. The van der Waals surface area contributed by atoms with Gasteiger partial charge in [-0.1, -0.05) is 15.9 Å². The maximum absolute atomic E-state index is 12.6. The second-order valence-electron chi connectivity index (χ2n) is 2.76. The van der Waals surface area contributed by atoms with Gasteiger partial charge in [0.15, 0.2) is 0 Å². The van der Waals surface area contributed by atoms with Crippen molar-refractivity contribution in [3.05, 3.63) is 22.9 Å². The second-order valence-corrected chi connectivity index (χ2v) is 3.32. The average molecular weight is 266 g/mol. The van der Waals surface area contributed by atoms with Gasteiger partial charge in [-0.15, -0.1) is 0 Å². The summed E-state index contributed by atoms with van der Waals surface area (Å²) in [6.07, 6.45) is -2.50. The highest BCUT2D eigenvalue weighted by Gasteiger charge is 2.17. The van der Waals surface area contributed by atoms with Crippen LogP contribution in [0.15, 0.2) is 6.07 Å². The Balaban J connectivity index is 3.27. The zero-order valence-corrected chi connectivity index (χ0v) is 9.44. The van der Waals surface area contributed by atoms with Crippen LogP contribution < -0.4 is 4.74 Å². The van der Waals surface area contributed by atoms with Gasteiger partial charge < -0.3 is 4.74 Å². The van der Waals surface area contributed by atoms with E-state index >= 15 is 0 Å². The fraction of sp³-hybridized carbons (Fsp3) is 0.444. The van der Waals surface area contributed by atoms with Crippen molar-refractivity contribution in [1.29, 1.82) is 0 Å². The fourth-order valence-corrected chi connectivity index (χ4v) is 1.69. The maximum atomic E-state index is 12.6. The van der Waals surface area contributed by atoms with E-state index in [0.29, 0.717) is 22.5 Å². The van der Waals surface area contributed by atoms with Crippen molar-refractivity contribution in [1.82, 2.24) is 4.98 Å². The highest BCUT2D eigenvalue weighted by atomic mass is 79.9. The Kier molecular flexibility index (Phi) is 3.80. The van der Waals surface area contributed by atoms with E-state index in [0.717, 1.165) is 0 Å². The van der Waals surface area contributed by atoms with Gasteiger partial charge in [-0.25, -0.2) is 13.8 Å². The first kappa shape index (κ1) is 11.4. The third-order valence-electron chi connectivity index (χ3n) is 1.88. The summed E-state index contributed by atoms with van der Waals surface area (Å²) in [5.41, 5.74) is 0.820. The van der Waals surface area contributed by atoms with Crippen LogP contribution >= 0.6 is 15.9 Å². The van der Waals surface area contributed by atoms with E-state index in [1.54, 1.807) is 6.92 Å². The number of rotatable bonds is 3. The summed E-state index contributed by atoms with van der Waals surface area (Å²) in [5.74, 6) is 0.362. The first-order valence-electron chi connectivity index (χ1n) is 3.98. The molecule has 0 aliphatic heterocycles. The monoisotopic (exact) mass is 265 g/mol. The molecule has 0 amide bonds. The van der Waals surface area contributed by atoms with E-state index in [4.69, 9.17) is 4.74 Å². The first-order valence-corrected chi connectivity index (χ1v) is 5.10. The molecule has 0 atom stereocenters. The predicted octanol–water partition coefficient (Wildman–Crippen LogP) is 3.23. The normalized spacial score (nSPS) is 10.7. The van der Waals surface area contributed by atoms with E-state index in [9.17, 15) is 8.78 Å². The predicted molar refractivity (Wildman–Crippen MR) is 53.1 cm³/mol. The number of aryl methyl sites for hydroxylation is 1. The molecule has 0 unspecified atom stereocenters. The highest BCUT2D eigenvalue weighted by molar-refractivity contribution is 9.08. The van der Waals surface area contributed by atoms with Crippen LogP contribution in [-0.2, 0) is 5.33 Å². The molecule has 1 aromatic heterocycles. The van der Waals surface area contributed by atoms with Gasteiger partial charge in [0.2, 0.25) is 5.88 Å². The van der Waals surface area contributed by atoms with Crippen LogP contribution in [0.4, 0.5) is 8.78 Å². The van der Waals surface area contributed by atoms with E-state index in [1.807, 2.05) is 0 Å². The number of pyridine rings is 1. The van der Waals surface area contributed by atoms with Crippen LogP contribution in [0.3, 0.4) is 0 Å². The summed E-state index contributed by atoms with van der Waals surface area (Å²) in [5, 5.41) is 0.367. The average Bonchev–Trinajstić information content (AvgIpc) is 2.15. The molecule has 1 heterocycles. The molecule has 0 saturated carbocycles. The lowest BCUT2D eigenvalue weighted by molar-refractivity contribution is 0.149. The van der Waals surface area contributed by atoms with Gasteiger partial charge in [0.1, 0.15) is 0 Å². The summed E-state index contributed by atoms with van der Waals surface area (Å²) < 4.78 is 30.1. The van der Waals surface area contributed by atoms with E-state index in [-0.39, 0.29) is 5.56 Å². The number of methoxy groups -OCH3 is 1. The molecule has 0 fully saturated rings. The Morgan fingerprint density at radius 3 is 2.64 bits per heavy atom. The summed E-state index contributed by atoms with van der Waals surface area (Å²) >= 11 is 3.16. The van der Waals surface area contributed by atoms with Crippen molar-refractivity contribution in [3.8, 4) is 5.88 Å². The van der Waals surface area contributed by atoms with Gasteiger partial charge in [-0.05, 0) is 12.5 Å². The molecule has 0 radical (unpaired) electrons. The second kappa shape index (κ2) is 4.68. The maximum Gasteiger partial charge on any atom is 0.265 e. The Labute approximate surface area is 89.4 Å². The minimum atomic E-state index is -2.50. The molecule has 5 heteroatoms. The minimum absolute atomic E-state index is 0.0114. The van der Waals surface area contributed by atoms with Crippen LogP contribution in [0.5, 0.6) is 5.88 Å². The zero-order valence-electron chi connectivity index (χ0n) is 7.85. The van der Waals surface area contributed by atoms with Gasteiger partial charge in [0.25, 0.3) is 6.43 Å². The van der Waals surface area contributed by atoms with Crippen molar-refractivity contribution in [2.45, 2.75) is 18.7 Å². The Morgan fingerprint density at radius 2 is 2.21 bits per heavy atom. The quantitative estimate of drug-likeness (QED) is 0.783. The van der Waals surface area contributed by atoms with Crippen LogP contribution in [0.25, 0.3) is 0 Å². The first-order chi connectivity index (χ1) is 6.60. The number of ether oxygens (including phenoxy) is 1. The van der Waals surface area contributed by atoms with E-state index in [1.165, 1.54) is 13.2 Å². The molecule has 0 aliphatic rings. The summed E-state index contributed by atoms with van der Waals surface area (Å²) in [7, 11) is 1.46. The molecule has 0 aliphatic carbocycles. The Hall–Kier alpha value is -0.710. The SMILES string of the molecule is COc1cc(CBr)c(C(F)F)c(C)n1. The van der Waals surface area contributed by atoms with Gasteiger partial charge in [-0.2, -0.15) is 0 Å². The topological polar surface area (TPSA) is 22.1 Å². The standard InChI is InChI=1S/C9H10BrF2NO/c1-5-8(9(11)12)6(4-10)3-7(13-5)14-2/h3,9H,4H2,1-2H3. The Morgan fingerprint density at radius 1 is 1.57 bits per heavy atom. The molecule has 1 rings (SSSR count). The number of hydrogen-bond acceptors (Lipinski definition) is 2. The number of halogens is 3. The largest absolute Gasteiger partial charge is 0.481 e. The zero-order chi connectivity index (χ0) is 10.7. The van der Waals surface area contributed by atoms with Crippen LogP contribution in [-0.4, -0.2) is 12.1 Å². The molecular weight excluding hydrogens is 256 g/mol. The van der Waals surface area contributed by atoms with E-state index < -0.39 is 6.43 Å². The van der Waals surface area contributed by atoms with Crippen molar-refractivity contribution in [3.63, 3.8) is 0 Å². The molecule has 78 valence electrons. The van der Waals surface area contributed by atoms with Crippen molar-refractivity contribution in [2.75, 3.05) is 7.11 Å². The van der Waals surface area contributed by atoms with Crippen molar-refractivity contribution < 1.29 is 13.5 Å². The number of aromatic nitrogens is 1. The highest BCUT2D eigenvalue weighted by Crippen LogP contribution is 2.29. The summed E-state index contributed by atoms with van der Waals surface area (Å²) in [6.45, 7) is 1.55. The van der Waals surface area contributed by atoms with Crippen LogP contribution in [0.2, 0.25) is 0 Å². The third kappa shape index (κ3) is 2.20. The summed E-state index contributed by atoms with van der Waals surface area (Å²) in [6, 6.07) is 1.52. The molecule has 0 saturated heterocycles. The van der Waals surface area contributed by atoms with Gasteiger partial charge in [-0.3, -0.25) is 0 Å². The number of nitrogens with zero attached hydrogens (tertiary/aromatic N) is 1. The van der Waals surface area contributed by atoms with Gasteiger partial charge in [0.05, 0.1) is 12.8 Å². The van der Waals surface area contributed by atoms with Crippen molar-refractivity contribution >= 4 is 15.9 Å². The van der Waals surface area contributed by atoms with Crippen LogP contribution in [0.1, 0.15) is 23.2 Å². The lowest BCUT2D eigenvalue weighted by atomic mass is 10.1. The van der Waals surface area contributed by atoms with Crippen LogP contribution in [0, 0.1) is 6.92 Å². The van der Waals surface area contributed by atoms with Gasteiger partial charge >= 0.3 is 0 Å². The fourth-order valence-electron chi connectivity index (χ4n) is 1.23. The molecule has 0 spiro atoms.